The summed E-state index contributed by atoms with van der Waals surface area (Å²) >= 11 is 0. The largest absolute Gasteiger partial charge is 0.460 e. The lowest BCUT2D eigenvalue weighted by atomic mass is 10.0. The van der Waals surface area contributed by atoms with E-state index in [9.17, 15) is 4.79 Å². The van der Waals surface area contributed by atoms with Crippen LogP contribution in [-0.2, 0) is 14.3 Å². The maximum atomic E-state index is 12.4. The van der Waals surface area contributed by atoms with Crippen molar-refractivity contribution < 1.29 is 14.3 Å². The molecule has 0 saturated heterocycles. The van der Waals surface area contributed by atoms with Crippen LogP contribution >= 0.6 is 0 Å². The fraction of sp³-hybridized carbons (Fsp3) is 0.263. The van der Waals surface area contributed by atoms with Crippen molar-refractivity contribution in [2.75, 3.05) is 0 Å². The van der Waals surface area contributed by atoms with Crippen molar-refractivity contribution >= 4 is 11.9 Å². The summed E-state index contributed by atoms with van der Waals surface area (Å²) in [4.78, 5) is 17.0. The first-order valence-corrected chi connectivity index (χ1v) is 7.70. The Bertz CT molecular complexity index is 695. The molecule has 3 rings (SSSR count). The Labute approximate surface area is 135 Å². The number of rotatable bonds is 4. The van der Waals surface area contributed by atoms with Gasteiger partial charge in [0.1, 0.15) is 6.04 Å². The minimum Gasteiger partial charge on any atom is -0.460 e. The molecule has 0 radical (unpaired) electrons. The first kappa shape index (κ1) is 15.3. The summed E-state index contributed by atoms with van der Waals surface area (Å²) in [6, 6.07) is 18.9. The fourth-order valence-electron chi connectivity index (χ4n) is 2.51. The van der Waals surface area contributed by atoms with Crippen molar-refractivity contribution in [3.05, 3.63) is 71.8 Å². The van der Waals surface area contributed by atoms with Crippen LogP contribution in [0, 0.1) is 0 Å². The first-order valence-electron chi connectivity index (χ1n) is 7.70. The van der Waals surface area contributed by atoms with Gasteiger partial charge in [0.15, 0.2) is 0 Å². The molecule has 0 saturated carbocycles. The number of carbonyl (C=O) groups is 1. The second-order valence-electron chi connectivity index (χ2n) is 5.68. The molecule has 0 spiro atoms. The van der Waals surface area contributed by atoms with Crippen LogP contribution in [0.2, 0.25) is 0 Å². The Hall–Kier alpha value is -2.62. The predicted octanol–water partition coefficient (Wildman–Crippen LogP) is 3.52. The summed E-state index contributed by atoms with van der Waals surface area (Å²) < 4.78 is 11.2. The van der Waals surface area contributed by atoms with Crippen LogP contribution in [0.5, 0.6) is 0 Å². The van der Waals surface area contributed by atoms with Crippen molar-refractivity contribution in [2.24, 2.45) is 4.99 Å². The smallest absolute Gasteiger partial charge is 0.350 e. The Morgan fingerprint density at radius 3 is 2.26 bits per heavy atom. The number of aliphatic imine (C=N–C) groups is 1. The van der Waals surface area contributed by atoms with Crippen molar-refractivity contribution in [1.82, 2.24) is 0 Å². The summed E-state index contributed by atoms with van der Waals surface area (Å²) in [5.41, 5.74) is 1.79. The second-order valence-corrected chi connectivity index (χ2v) is 5.68. The molecule has 2 aromatic rings. The molecule has 1 heterocycles. The summed E-state index contributed by atoms with van der Waals surface area (Å²) in [5, 5.41) is 0. The number of benzene rings is 2. The minimum atomic E-state index is -0.755. The van der Waals surface area contributed by atoms with Gasteiger partial charge in [-0.3, -0.25) is 0 Å². The third kappa shape index (κ3) is 3.42. The van der Waals surface area contributed by atoms with E-state index in [1.165, 1.54) is 0 Å². The molecule has 0 amide bonds. The highest BCUT2D eigenvalue weighted by atomic mass is 16.6. The summed E-state index contributed by atoms with van der Waals surface area (Å²) in [6.45, 7) is 3.65. The number of hydrogen-bond donors (Lipinski definition) is 0. The quantitative estimate of drug-likeness (QED) is 0.812. The number of esters is 1. The number of hydrogen-bond acceptors (Lipinski definition) is 4. The van der Waals surface area contributed by atoms with E-state index in [1.54, 1.807) is 0 Å². The number of carbonyl (C=O) groups excluding carboxylic acids is 1. The van der Waals surface area contributed by atoms with Gasteiger partial charge < -0.3 is 9.47 Å². The van der Waals surface area contributed by atoms with Gasteiger partial charge in [0.2, 0.25) is 12.0 Å². The molecular weight excluding hydrogens is 290 g/mol. The van der Waals surface area contributed by atoms with E-state index in [2.05, 4.69) is 4.99 Å². The average Bonchev–Trinajstić information content (AvgIpc) is 3.01. The lowest BCUT2D eigenvalue weighted by Crippen LogP contribution is -2.31. The number of ether oxygens (including phenoxy) is 2. The van der Waals surface area contributed by atoms with Gasteiger partial charge in [-0.1, -0.05) is 48.5 Å². The van der Waals surface area contributed by atoms with Crippen LogP contribution < -0.4 is 0 Å². The number of nitrogens with zero attached hydrogens (tertiary/aromatic N) is 1. The molecule has 0 fully saturated rings. The van der Waals surface area contributed by atoms with E-state index in [-0.39, 0.29) is 12.1 Å². The highest BCUT2D eigenvalue weighted by Gasteiger charge is 2.39. The van der Waals surface area contributed by atoms with Gasteiger partial charge in [-0.05, 0) is 31.5 Å². The highest BCUT2D eigenvalue weighted by molar-refractivity contribution is 5.98. The summed E-state index contributed by atoms with van der Waals surface area (Å²) in [6.07, 6.45) is -0.946. The average molecular weight is 309 g/mol. The van der Waals surface area contributed by atoms with Gasteiger partial charge in [0.05, 0.1) is 6.10 Å². The zero-order valence-electron chi connectivity index (χ0n) is 13.2. The van der Waals surface area contributed by atoms with Crippen LogP contribution in [0.15, 0.2) is 65.7 Å². The minimum absolute atomic E-state index is 0.191. The third-order valence-electron chi connectivity index (χ3n) is 3.53. The van der Waals surface area contributed by atoms with Crippen LogP contribution in [0.4, 0.5) is 0 Å². The van der Waals surface area contributed by atoms with Gasteiger partial charge in [0, 0.05) is 5.56 Å². The molecule has 0 bridgehead atoms. The van der Waals surface area contributed by atoms with E-state index in [0.29, 0.717) is 5.90 Å². The van der Waals surface area contributed by atoms with E-state index in [1.807, 2.05) is 74.5 Å². The Balaban J connectivity index is 1.92. The van der Waals surface area contributed by atoms with E-state index < -0.39 is 12.1 Å². The van der Waals surface area contributed by atoms with Crippen molar-refractivity contribution in [3.8, 4) is 0 Å². The lowest BCUT2D eigenvalue weighted by Gasteiger charge is -2.18. The zero-order chi connectivity index (χ0) is 16.2. The molecule has 2 aromatic carbocycles. The van der Waals surface area contributed by atoms with E-state index in [0.717, 1.165) is 11.1 Å². The molecule has 4 nitrogen and oxygen atoms in total. The second kappa shape index (κ2) is 6.65. The summed E-state index contributed by atoms with van der Waals surface area (Å²) in [5.74, 6) is 0.0914. The predicted molar refractivity (Wildman–Crippen MR) is 88.3 cm³/mol. The topological polar surface area (TPSA) is 47.9 Å². The van der Waals surface area contributed by atoms with Gasteiger partial charge in [0.25, 0.3) is 0 Å². The van der Waals surface area contributed by atoms with Crippen molar-refractivity contribution in [2.45, 2.75) is 32.1 Å². The zero-order valence-corrected chi connectivity index (χ0v) is 13.2. The normalized spacial score (nSPS) is 20.0. The van der Waals surface area contributed by atoms with Crippen LogP contribution in [0.25, 0.3) is 0 Å². The fourth-order valence-corrected chi connectivity index (χ4v) is 2.51. The molecule has 1 aliphatic heterocycles. The molecule has 0 N–H and O–H groups in total. The van der Waals surface area contributed by atoms with Crippen molar-refractivity contribution in [1.29, 1.82) is 0 Å². The molecule has 1 aliphatic rings. The summed E-state index contributed by atoms with van der Waals surface area (Å²) in [7, 11) is 0. The van der Waals surface area contributed by atoms with Gasteiger partial charge in [-0.15, -0.1) is 0 Å². The van der Waals surface area contributed by atoms with E-state index >= 15 is 0 Å². The monoisotopic (exact) mass is 309 g/mol. The molecule has 0 unspecified atom stereocenters. The van der Waals surface area contributed by atoms with E-state index in [4.69, 9.17) is 9.47 Å². The van der Waals surface area contributed by atoms with Crippen LogP contribution in [0.3, 0.4) is 0 Å². The molecule has 0 aromatic heterocycles. The maximum Gasteiger partial charge on any atom is 0.350 e. The highest BCUT2D eigenvalue weighted by Crippen LogP contribution is 2.32. The lowest BCUT2D eigenvalue weighted by molar-refractivity contribution is -0.156. The Morgan fingerprint density at radius 2 is 1.65 bits per heavy atom. The Morgan fingerprint density at radius 1 is 1.04 bits per heavy atom. The molecular formula is C19H19NO3. The molecule has 23 heavy (non-hydrogen) atoms. The van der Waals surface area contributed by atoms with Gasteiger partial charge >= 0.3 is 5.97 Å². The first-order chi connectivity index (χ1) is 11.1. The van der Waals surface area contributed by atoms with Gasteiger partial charge in [-0.2, -0.15) is 0 Å². The van der Waals surface area contributed by atoms with Crippen LogP contribution in [-0.4, -0.2) is 24.1 Å². The maximum absolute atomic E-state index is 12.4. The standard InChI is InChI=1S/C19H19NO3/c1-13(2)22-19(21)17-16(14-9-5-3-6-10-14)20-18(23-17)15-11-7-4-8-12-15/h3-13,16-17H,1-2H3/t16-,17+/m0/s1. The molecule has 2 atom stereocenters. The SMILES string of the molecule is CC(C)OC(=O)[C@@H]1OC(c2ccccc2)=N[C@H]1c1ccccc1. The third-order valence-corrected chi connectivity index (χ3v) is 3.53. The molecule has 118 valence electrons. The molecule has 0 aliphatic carbocycles. The van der Waals surface area contributed by atoms with Crippen LogP contribution in [0.1, 0.15) is 31.0 Å². The Kier molecular flexibility index (Phi) is 4.42. The van der Waals surface area contributed by atoms with Gasteiger partial charge in [-0.25, -0.2) is 9.79 Å². The van der Waals surface area contributed by atoms with Crippen molar-refractivity contribution in [3.63, 3.8) is 0 Å². The molecule has 4 heteroatoms.